The molecule has 0 aliphatic rings. The van der Waals surface area contributed by atoms with Crippen LogP contribution in [0.3, 0.4) is 0 Å². The molecule has 2 atom stereocenters. The molecular formula is C47H90NO7+. The maximum absolute atomic E-state index is 12.7. The summed E-state index contributed by atoms with van der Waals surface area (Å²) in [6, 6.07) is -0.610. The number of ether oxygens (including phenoxy) is 3. The molecule has 0 spiro atoms. The van der Waals surface area contributed by atoms with Gasteiger partial charge in [0.25, 0.3) is 0 Å². The van der Waals surface area contributed by atoms with E-state index < -0.39 is 18.1 Å². The molecule has 324 valence electrons. The standard InChI is InChI=1S/C47H89NO7/c1-6-8-10-12-14-16-18-20-22-24-26-28-30-32-34-36-38-46(50)55-43(41-53-40-39-44(47(51)52)48(3,4)5)42-54-45(49)37-35-33-31-29-27-25-23-21-19-17-15-13-11-9-7-2/h17,19,43-44H,6-16,18,20-42H2,1-5H3/p+1/b19-17+. The average molecular weight is 781 g/mol. The number of rotatable bonds is 42. The van der Waals surface area contributed by atoms with Gasteiger partial charge in [0.15, 0.2) is 12.1 Å². The molecule has 2 unspecified atom stereocenters. The van der Waals surface area contributed by atoms with Crippen LogP contribution in [0, 0.1) is 0 Å². The molecule has 0 aromatic carbocycles. The fourth-order valence-corrected chi connectivity index (χ4v) is 7.03. The van der Waals surface area contributed by atoms with E-state index >= 15 is 0 Å². The minimum atomic E-state index is -0.872. The van der Waals surface area contributed by atoms with Crippen molar-refractivity contribution < 1.29 is 38.2 Å². The number of carbonyl (C=O) groups is 3. The Hall–Kier alpha value is -1.93. The molecular weight excluding hydrogens is 691 g/mol. The number of hydrogen-bond acceptors (Lipinski definition) is 6. The highest BCUT2D eigenvalue weighted by Gasteiger charge is 2.31. The van der Waals surface area contributed by atoms with Gasteiger partial charge in [0.2, 0.25) is 0 Å². The van der Waals surface area contributed by atoms with Crippen molar-refractivity contribution in [3.8, 4) is 0 Å². The van der Waals surface area contributed by atoms with E-state index in [1.54, 1.807) is 0 Å². The second kappa shape index (κ2) is 38.9. The van der Waals surface area contributed by atoms with Crippen molar-refractivity contribution in [3.63, 3.8) is 0 Å². The van der Waals surface area contributed by atoms with Crippen LogP contribution in [0.5, 0.6) is 0 Å². The number of unbranched alkanes of at least 4 members (excludes halogenated alkanes) is 26. The van der Waals surface area contributed by atoms with Gasteiger partial charge in [-0.15, -0.1) is 0 Å². The third kappa shape index (κ3) is 37.4. The quantitative estimate of drug-likeness (QED) is 0.0285. The fourth-order valence-electron chi connectivity index (χ4n) is 7.03. The first-order valence-electron chi connectivity index (χ1n) is 23.2. The average Bonchev–Trinajstić information content (AvgIpc) is 3.14. The van der Waals surface area contributed by atoms with Gasteiger partial charge >= 0.3 is 17.9 Å². The zero-order valence-corrected chi connectivity index (χ0v) is 36.9. The van der Waals surface area contributed by atoms with Crippen LogP contribution in [-0.2, 0) is 28.6 Å². The first-order valence-corrected chi connectivity index (χ1v) is 23.2. The first-order chi connectivity index (χ1) is 26.6. The van der Waals surface area contributed by atoms with Gasteiger partial charge in [-0.1, -0.05) is 174 Å². The maximum Gasteiger partial charge on any atom is 0.362 e. The molecule has 55 heavy (non-hydrogen) atoms. The number of quaternary nitrogens is 1. The van der Waals surface area contributed by atoms with Crippen LogP contribution in [0.25, 0.3) is 0 Å². The summed E-state index contributed by atoms with van der Waals surface area (Å²) in [5.74, 6) is -1.46. The number of esters is 2. The Bertz CT molecular complexity index is 915. The number of likely N-dealkylation sites (N-methyl/N-ethyl adjacent to an activating group) is 1. The van der Waals surface area contributed by atoms with Crippen LogP contribution in [0.1, 0.15) is 219 Å². The Morgan fingerprint density at radius 2 is 0.909 bits per heavy atom. The SMILES string of the molecule is CCCCCC/C=C/CCCCCCCCCC(=O)OCC(COCCC(C(=O)O)[N+](C)(C)C)OC(=O)CCCCCCCCCCCCCCCCCC. The van der Waals surface area contributed by atoms with Crippen LogP contribution in [-0.4, -0.2) is 80.6 Å². The molecule has 0 aromatic rings. The zero-order chi connectivity index (χ0) is 40.7. The Kier molecular flexibility index (Phi) is 37.6. The lowest BCUT2D eigenvalue weighted by Crippen LogP contribution is -2.50. The summed E-state index contributed by atoms with van der Waals surface area (Å²) in [6.07, 6.45) is 41.0. The summed E-state index contributed by atoms with van der Waals surface area (Å²) in [7, 11) is 5.54. The monoisotopic (exact) mass is 781 g/mol. The third-order valence-electron chi connectivity index (χ3n) is 10.7. The highest BCUT2D eigenvalue weighted by molar-refractivity contribution is 5.72. The number of carbonyl (C=O) groups excluding carboxylic acids is 2. The van der Waals surface area contributed by atoms with Crippen LogP contribution in [0.4, 0.5) is 0 Å². The molecule has 0 fully saturated rings. The molecule has 0 saturated heterocycles. The number of nitrogens with zero attached hydrogens (tertiary/aromatic N) is 1. The van der Waals surface area contributed by atoms with Gasteiger partial charge in [0.1, 0.15) is 6.61 Å². The number of aliphatic carboxylic acids is 1. The van der Waals surface area contributed by atoms with Crippen molar-refractivity contribution in [1.82, 2.24) is 0 Å². The van der Waals surface area contributed by atoms with Crippen molar-refractivity contribution in [1.29, 1.82) is 0 Å². The van der Waals surface area contributed by atoms with Crippen molar-refractivity contribution >= 4 is 17.9 Å². The summed E-state index contributed by atoms with van der Waals surface area (Å²) < 4.78 is 17.3. The van der Waals surface area contributed by atoms with E-state index in [1.165, 1.54) is 148 Å². The van der Waals surface area contributed by atoms with Crippen LogP contribution >= 0.6 is 0 Å². The fraction of sp³-hybridized carbons (Fsp3) is 0.894. The van der Waals surface area contributed by atoms with E-state index in [1.807, 2.05) is 21.1 Å². The molecule has 8 nitrogen and oxygen atoms in total. The summed E-state index contributed by atoms with van der Waals surface area (Å²) in [6.45, 7) is 4.75. The van der Waals surface area contributed by atoms with Gasteiger partial charge in [-0.3, -0.25) is 9.59 Å². The Morgan fingerprint density at radius 3 is 1.33 bits per heavy atom. The molecule has 0 aromatic heterocycles. The molecule has 0 heterocycles. The van der Waals surface area contributed by atoms with Crippen molar-refractivity contribution in [2.75, 3.05) is 41.0 Å². The van der Waals surface area contributed by atoms with Gasteiger partial charge < -0.3 is 23.8 Å². The maximum atomic E-state index is 12.7. The lowest BCUT2D eigenvalue weighted by Gasteiger charge is -2.31. The van der Waals surface area contributed by atoms with Gasteiger partial charge in [-0.05, 0) is 38.5 Å². The van der Waals surface area contributed by atoms with Gasteiger partial charge in [-0.2, -0.15) is 0 Å². The minimum absolute atomic E-state index is 0.0472. The Morgan fingerprint density at radius 1 is 0.527 bits per heavy atom. The smallest absolute Gasteiger partial charge is 0.362 e. The Labute approximate surface area is 339 Å². The molecule has 0 saturated carbocycles. The van der Waals surface area contributed by atoms with Gasteiger partial charge in [0.05, 0.1) is 34.4 Å². The van der Waals surface area contributed by atoms with Gasteiger partial charge in [0, 0.05) is 19.3 Å². The Balaban J connectivity index is 4.29. The predicted octanol–water partition coefficient (Wildman–Crippen LogP) is 12.7. The minimum Gasteiger partial charge on any atom is -0.477 e. The molecule has 0 bridgehead atoms. The molecule has 0 aliphatic carbocycles. The first kappa shape index (κ1) is 53.1. The number of allylic oxidation sites excluding steroid dienone is 2. The second-order valence-electron chi connectivity index (χ2n) is 17.0. The lowest BCUT2D eigenvalue weighted by atomic mass is 10.0. The van der Waals surface area contributed by atoms with Crippen LogP contribution in [0.2, 0.25) is 0 Å². The molecule has 8 heteroatoms. The third-order valence-corrected chi connectivity index (χ3v) is 10.7. The summed E-state index contributed by atoms with van der Waals surface area (Å²) in [5.41, 5.74) is 0. The van der Waals surface area contributed by atoms with E-state index in [9.17, 15) is 19.5 Å². The molecule has 0 amide bonds. The van der Waals surface area contributed by atoms with Crippen molar-refractivity contribution in [2.45, 2.75) is 231 Å². The topological polar surface area (TPSA) is 99.1 Å². The highest BCUT2D eigenvalue weighted by Crippen LogP contribution is 2.16. The molecule has 0 radical (unpaired) electrons. The normalized spacial score (nSPS) is 13.0. The van der Waals surface area contributed by atoms with E-state index in [4.69, 9.17) is 14.2 Å². The van der Waals surface area contributed by atoms with E-state index in [0.717, 1.165) is 38.5 Å². The lowest BCUT2D eigenvalue weighted by molar-refractivity contribution is -0.887. The summed E-state index contributed by atoms with van der Waals surface area (Å²) >= 11 is 0. The number of hydrogen-bond donors (Lipinski definition) is 1. The van der Waals surface area contributed by atoms with E-state index in [-0.39, 0.29) is 36.2 Å². The van der Waals surface area contributed by atoms with E-state index in [2.05, 4.69) is 26.0 Å². The van der Waals surface area contributed by atoms with Gasteiger partial charge in [-0.25, -0.2) is 4.79 Å². The number of carboxylic acid groups (broad SMARTS) is 1. The largest absolute Gasteiger partial charge is 0.477 e. The molecule has 0 rings (SSSR count). The van der Waals surface area contributed by atoms with E-state index in [0.29, 0.717) is 19.3 Å². The summed E-state index contributed by atoms with van der Waals surface area (Å²) in [5, 5.41) is 9.62. The van der Waals surface area contributed by atoms with Crippen LogP contribution < -0.4 is 0 Å². The predicted molar refractivity (Wildman–Crippen MR) is 229 cm³/mol. The molecule has 0 aliphatic heterocycles. The zero-order valence-electron chi connectivity index (χ0n) is 36.9. The van der Waals surface area contributed by atoms with Crippen molar-refractivity contribution in [3.05, 3.63) is 12.2 Å². The number of carboxylic acids is 1. The van der Waals surface area contributed by atoms with Crippen molar-refractivity contribution in [2.24, 2.45) is 0 Å². The van der Waals surface area contributed by atoms with Crippen LogP contribution in [0.15, 0.2) is 12.2 Å². The second-order valence-corrected chi connectivity index (χ2v) is 17.0. The highest BCUT2D eigenvalue weighted by atomic mass is 16.6. The molecule has 1 N–H and O–H groups in total. The summed E-state index contributed by atoms with van der Waals surface area (Å²) in [4.78, 5) is 37.0.